The lowest BCUT2D eigenvalue weighted by atomic mass is 10.0. The number of hydrogen-bond acceptors (Lipinski definition) is 7. The van der Waals surface area contributed by atoms with Crippen LogP contribution in [0.5, 0.6) is 0 Å². The van der Waals surface area contributed by atoms with Gasteiger partial charge in [-0.2, -0.15) is 18.4 Å². The monoisotopic (exact) mass is 551 g/mol. The third kappa shape index (κ3) is 7.43. The fourth-order valence-electron chi connectivity index (χ4n) is 4.37. The Morgan fingerprint density at radius 2 is 1.82 bits per heavy atom. The van der Waals surface area contributed by atoms with Crippen molar-refractivity contribution < 1.29 is 27.8 Å². The summed E-state index contributed by atoms with van der Waals surface area (Å²) in [5.41, 5.74) is 0.817. The van der Waals surface area contributed by atoms with E-state index >= 15 is 0 Å². The Hall–Kier alpha value is -4.27. The van der Waals surface area contributed by atoms with E-state index in [0.29, 0.717) is 48.8 Å². The van der Waals surface area contributed by atoms with Crippen molar-refractivity contribution in [1.82, 2.24) is 15.3 Å². The molecule has 0 spiro atoms. The van der Waals surface area contributed by atoms with Crippen LogP contribution in [0, 0.1) is 11.3 Å². The zero-order valence-electron chi connectivity index (χ0n) is 21.6. The van der Waals surface area contributed by atoms with Gasteiger partial charge in [0, 0.05) is 48.2 Å². The van der Waals surface area contributed by atoms with Crippen LogP contribution in [-0.2, 0) is 23.9 Å². The van der Waals surface area contributed by atoms with Crippen molar-refractivity contribution in [2.45, 2.75) is 32.0 Å². The maximum atomic E-state index is 13.1. The smallest absolute Gasteiger partial charge is 0.416 e. The number of benzene rings is 2. The molecule has 2 aromatic carbocycles. The lowest BCUT2D eigenvalue weighted by Gasteiger charge is -2.12. The van der Waals surface area contributed by atoms with Crippen molar-refractivity contribution in [1.29, 1.82) is 5.26 Å². The fraction of sp³-hybridized carbons (Fsp3) is 0.310. The number of unbranched alkanes of at least 4 members (excludes halogenated alkanes) is 1. The van der Waals surface area contributed by atoms with Gasteiger partial charge in [-0.3, -0.25) is 4.98 Å². The highest BCUT2D eigenvalue weighted by Crippen LogP contribution is 2.31. The van der Waals surface area contributed by atoms with Gasteiger partial charge in [0.15, 0.2) is 0 Å². The first-order chi connectivity index (χ1) is 19.3. The predicted octanol–water partition coefficient (Wildman–Crippen LogP) is 5.56. The number of carboxylic acids is 1. The Balaban J connectivity index is 1.20. The fourth-order valence-corrected chi connectivity index (χ4v) is 4.37. The summed E-state index contributed by atoms with van der Waals surface area (Å²) in [6, 6.07) is 12.3. The first-order valence-corrected chi connectivity index (χ1v) is 12.8. The normalized spacial score (nSPS) is 11.6. The Morgan fingerprint density at radius 1 is 1.00 bits per heavy atom. The number of rotatable bonds is 13. The maximum absolute atomic E-state index is 13.1. The number of carboxylic acid groups (broad SMARTS) is 1. The van der Waals surface area contributed by atoms with Crippen molar-refractivity contribution in [2.75, 3.05) is 31.6 Å². The first-order valence-electron chi connectivity index (χ1n) is 12.8. The van der Waals surface area contributed by atoms with Crippen LogP contribution >= 0.6 is 0 Å². The van der Waals surface area contributed by atoms with E-state index in [-0.39, 0.29) is 18.5 Å². The standard InChI is InChI=1S/C29H28F3N5O3/c30-29(31,32)22-14-19(5-7-33)13-20(15-22)17-34-8-1-2-11-40-12-10-36-27-24-6-9-35-18-25(24)23-4-3-21(28(38)39)16-26(23)37-27/h3-4,6,9,13-16,18,34H,1-2,5,8,10-12,17H2,(H,36,37)(H,38,39). The molecular weight excluding hydrogens is 523 g/mol. The molecule has 0 bridgehead atoms. The summed E-state index contributed by atoms with van der Waals surface area (Å²) < 4.78 is 45.1. The number of nitrogens with one attached hydrogen (secondary N) is 2. The Kier molecular flexibility index (Phi) is 9.47. The minimum Gasteiger partial charge on any atom is -0.478 e. The summed E-state index contributed by atoms with van der Waals surface area (Å²) in [6.07, 6.45) is 0.441. The minimum atomic E-state index is -4.45. The maximum Gasteiger partial charge on any atom is 0.416 e. The number of alkyl halides is 3. The second-order valence-electron chi connectivity index (χ2n) is 9.21. The molecule has 11 heteroatoms. The highest BCUT2D eigenvalue weighted by Gasteiger charge is 2.31. The molecule has 0 atom stereocenters. The molecule has 8 nitrogen and oxygen atoms in total. The summed E-state index contributed by atoms with van der Waals surface area (Å²) in [7, 11) is 0. The number of anilines is 1. The lowest BCUT2D eigenvalue weighted by Crippen LogP contribution is -2.17. The van der Waals surface area contributed by atoms with E-state index in [0.717, 1.165) is 41.1 Å². The molecule has 4 aromatic rings. The SMILES string of the molecule is N#CCc1cc(CNCCCCOCCNc2nc3cc(C(=O)O)ccc3c3cnccc23)cc(C(F)(F)F)c1. The van der Waals surface area contributed by atoms with E-state index in [1.165, 1.54) is 6.07 Å². The molecule has 0 amide bonds. The van der Waals surface area contributed by atoms with E-state index in [9.17, 15) is 23.1 Å². The highest BCUT2D eigenvalue weighted by molar-refractivity contribution is 6.10. The molecule has 0 radical (unpaired) electrons. The van der Waals surface area contributed by atoms with Crippen molar-refractivity contribution >= 4 is 33.5 Å². The lowest BCUT2D eigenvalue weighted by molar-refractivity contribution is -0.137. The van der Waals surface area contributed by atoms with Crippen LogP contribution in [0.1, 0.15) is 39.9 Å². The topological polar surface area (TPSA) is 120 Å². The van der Waals surface area contributed by atoms with Gasteiger partial charge in [-0.25, -0.2) is 9.78 Å². The number of nitrogens with zero attached hydrogens (tertiary/aromatic N) is 3. The second-order valence-corrected chi connectivity index (χ2v) is 9.21. The summed E-state index contributed by atoms with van der Waals surface area (Å²) in [5.74, 6) is -0.402. The van der Waals surface area contributed by atoms with Crippen LogP contribution in [0.2, 0.25) is 0 Å². The van der Waals surface area contributed by atoms with Gasteiger partial charge >= 0.3 is 12.1 Å². The quantitative estimate of drug-likeness (QED) is 0.146. The van der Waals surface area contributed by atoms with Crippen LogP contribution in [0.25, 0.3) is 21.7 Å². The van der Waals surface area contributed by atoms with Crippen molar-refractivity contribution in [3.63, 3.8) is 0 Å². The largest absolute Gasteiger partial charge is 0.478 e. The average Bonchev–Trinajstić information content (AvgIpc) is 2.93. The number of aromatic nitrogens is 2. The third-order valence-corrected chi connectivity index (χ3v) is 6.27. The second kappa shape index (κ2) is 13.2. The number of aromatic carboxylic acids is 1. The Labute approximate surface area is 228 Å². The van der Waals surface area contributed by atoms with Gasteiger partial charge in [0.2, 0.25) is 0 Å². The molecule has 0 aliphatic heterocycles. The molecule has 40 heavy (non-hydrogen) atoms. The van der Waals surface area contributed by atoms with Crippen molar-refractivity contribution in [2.24, 2.45) is 0 Å². The van der Waals surface area contributed by atoms with Crippen LogP contribution in [-0.4, -0.2) is 47.3 Å². The van der Waals surface area contributed by atoms with Crippen molar-refractivity contribution in [3.05, 3.63) is 77.1 Å². The molecule has 2 heterocycles. The molecule has 3 N–H and O–H groups in total. The van der Waals surface area contributed by atoms with Crippen molar-refractivity contribution in [3.8, 4) is 6.07 Å². The average molecular weight is 552 g/mol. The van der Waals surface area contributed by atoms with Gasteiger partial charge in [-0.15, -0.1) is 0 Å². The van der Waals surface area contributed by atoms with Crippen LogP contribution in [0.3, 0.4) is 0 Å². The van der Waals surface area contributed by atoms with E-state index in [4.69, 9.17) is 10.00 Å². The van der Waals surface area contributed by atoms with E-state index in [1.54, 1.807) is 30.6 Å². The first kappa shape index (κ1) is 28.7. The molecule has 0 saturated carbocycles. The van der Waals surface area contributed by atoms with Gasteiger partial charge in [-0.1, -0.05) is 12.1 Å². The highest BCUT2D eigenvalue weighted by atomic mass is 19.4. The molecule has 2 aromatic heterocycles. The molecular formula is C29H28F3N5O3. The number of halogens is 3. The molecule has 0 saturated heterocycles. The van der Waals surface area contributed by atoms with Gasteiger partial charge in [0.1, 0.15) is 5.82 Å². The van der Waals surface area contributed by atoms with Gasteiger partial charge in [0.25, 0.3) is 0 Å². The van der Waals surface area contributed by atoms with Gasteiger partial charge < -0.3 is 20.5 Å². The van der Waals surface area contributed by atoms with Gasteiger partial charge in [-0.05, 0) is 60.8 Å². The third-order valence-electron chi connectivity index (χ3n) is 6.27. The zero-order valence-corrected chi connectivity index (χ0v) is 21.6. The summed E-state index contributed by atoms with van der Waals surface area (Å²) in [6.45, 7) is 2.35. The minimum absolute atomic E-state index is 0.0703. The summed E-state index contributed by atoms with van der Waals surface area (Å²) >= 11 is 0. The number of fused-ring (bicyclic) bond motifs is 3. The number of ether oxygens (including phenoxy) is 1. The number of nitriles is 1. The molecule has 0 aliphatic carbocycles. The van der Waals surface area contributed by atoms with Gasteiger partial charge in [0.05, 0.1) is 35.7 Å². The Bertz CT molecular complexity index is 1540. The zero-order chi connectivity index (χ0) is 28.5. The molecule has 0 unspecified atom stereocenters. The number of pyridine rings is 2. The van der Waals surface area contributed by atoms with E-state index in [2.05, 4.69) is 20.6 Å². The number of carbonyl (C=O) groups is 1. The molecule has 4 rings (SSSR count). The number of hydrogen-bond donors (Lipinski definition) is 3. The molecule has 0 aliphatic rings. The molecule has 0 fully saturated rings. The van der Waals surface area contributed by atoms with Crippen LogP contribution < -0.4 is 10.6 Å². The Morgan fingerprint density at radius 3 is 2.60 bits per heavy atom. The van der Waals surface area contributed by atoms with E-state index < -0.39 is 17.7 Å². The summed E-state index contributed by atoms with van der Waals surface area (Å²) in [4.78, 5) is 20.2. The molecule has 208 valence electrons. The van der Waals surface area contributed by atoms with E-state index in [1.807, 2.05) is 12.1 Å². The van der Waals surface area contributed by atoms with Crippen LogP contribution in [0.15, 0.2) is 54.9 Å². The summed E-state index contributed by atoms with van der Waals surface area (Å²) in [5, 5.41) is 27.1. The van der Waals surface area contributed by atoms with Crippen LogP contribution in [0.4, 0.5) is 19.0 Å². The predicted molar refractivity (Wildman–Crippen MR) is 145 cm³/mol.